The Morgan fingerprint density at radius 2 is 1.00 bits per heavy atom. The summed E-state index contributed by atoms with van der Waals surface area (Å²) < 4.78 is 32.7. The van der Waals surface area contributed by atoms with E-state index < -0.39 is 10.1 Å². The smallest absolute Gasteiger partial charge is 0.124 e. The first-order valence-electron chi connectivity index (χ1n) is 12.2. The summed E-state index contributed by atoms with van der Waals surface area (Å²) in [5, 5.41) is 0. The summed E-state index contributed by atoms with van der Waals surface area (Å²) in [6, 6.07) is 5.78. The summed E-state index contributed by atoms with van der Waals surface area (Å²) in [5.41, 5.74) is 0.928. The molecular weight excluding hydrogens is 518 g/mol. The van der Waals surface area contributed by atoms with E-state index >= 15 is 0 Å². The van der Waals surface area contributed by atoms with Crippen molar-refractivity contribution in [3.8, 4) is 0 Å². The Labute approximate surface area is 219 Å². The van der Waals surface area contributed by atoms with Crippen molar-refractivity contribution in [3.05, 3.63) is 29.8 Å². The second-order valence-corrected chi connectivity index (χ2v) is 12.0. The van der Waals surface area contributed by atoms with Gasteiger partial charge in [0.15, 0.2) is 0 Å². The third-order valence-electron chi connectivity index (χ3n) is 5.41. The van der Waals surface area contributed by atoms with E-state index in [1.807, 2.05) is 6.92 Å². The molecule has 0 N–H and O–H groups in total. The Bertz CT molecular complexity index is 569. The molecule has 1 rings (SSSR count). The summed E-state index contributed by atoms with van der Waals surface area (Å²) in [6.45, 7) is 4.12. The first kappa shape index (κ1) is 30.7. The normalized spacial score (nSPS) is 11.2. The van der Waals surface area contributed by atoms with Crippen LogP contribution >= 0.6 is 0 Å². The Kier molecular flexibility index (Phi) is 22.0. The van der Waals surface area contributed by atoms with Gasteiger partial charge in [0, 0.05) is 0 Å². The van der Waals surface area contributed by atoms with Crippen LogP contribution in [0.4, 0.5) is 0 Å². The van der Waals surface area contributed by atoms with Crippen LogP contribution in [0.5, 0.6) is 0 Å². The molecule has 0 aliphatic heterocycles. The van der Waals surface area contributed by atoms with Crippen molar-refractivity contribution in [3.63, 3.8) is 0 Å². The number of aryl methyl sites for hydroxylation is 1. The number of hydrogen-bond acceptors (Lipinski definition) is 3. The molecule has 30 heavy (non-hydrogen) atoms. The van der Waals surface area contributed by atoms with Gasteiger partial charge in [0.1, 0.15) is 10.1 Å². The van der Waals surface area contributed by atoms with E-state index in [0.29, 0.717) is 0 Å². The molecule has 0 bridgehead atoms. The van der Waals surface area contributed by atoms with Gasteiger partial charge >= 0.3 is 118 Å². The Hall–Kier alpha value is 0.701. The topological polar surface area (TPSA) is 57.2 Å². The summed E-state index contributed by atoms with van der Waals surface area (Å²) in [5.74, 6) is 0. The largest absolute Gasteiger partial charge is 0.744 e. The second kappa shape index (κ2) is 21.5. The average molecular weight is 562 g/mol. The number of hydrogen-bond donors (Lipinski definition) is 0. The maximum atomic E-state index is 10.4. The van der Waals surface area contributed by atoms with Crippen LogP contribution in [0.2, 0.25) is 0.889 Å². The van der Waals surface area contributed by atoms with E-state index in [9.17, 15) is 13.0 Å². The molecule has 0 aliphatic carbocycles. The van der Waals surface area contributed by atoms with Crippen molar-refractivity contribution in [2.45, 2.75) is 122 Å². The van der Waals surface area contributed by atoms with Crippen LogP contribution in [0.3, 0.4) is 0 Å². The van der Waals surface area contributed by atoms with Crippen molar-refractivity contribution in [2.24, 2.45) is 0 Å². The van der Waals surface area contributed by atoms with Gasteiger partial charge in [-0.15, -0.1) is 0 Å². The van der Waals surface area contributed by atoms with Gasteiger partial charge in [0.05, 0.1) is 4.90 Å². The van der Waals surface area contributed by atoms with Crippen molar-refractivity contribution in [2.75, 3.05) is 0 Å². The van der Waals surface area contributed by atoms with Crippen LogP contribution in [-0.2, 0) is 10.1 Å². The second-order valence-electron chi connectivity index (χ2n) is 8.42. The molecule has 0 fully saturated rings. The number of rotatable bonds is 17. The van der Waals surface area contributed by atoms with Crippen LogP contribution in [0.25, 0.3) is 0 Å². The van der Waals surface area contributed by atoms with Gasteiger partial charge < -0.3 is 4.55 Å². The van der Waals surface area contributed by atoms with Crippen LogP contribution in [0.15, 0.2) is 29.2 Å². The predicted octanol–water partition coefficient (Wildman–Crippen LogP) is 7.73. The first-order chi connectivity index (χ1) is 14.4. The molecule has 1 aromatic carbocycles. The van der Waals surface area contributed by atoms with E-state index in [2.05, 4.69) is 6.92 Å². The van der Waals surface area contributed by atoms with Gasteiger partial charge in [0.2, 0.25) is 0 Å². The molecule has 0 unspecified atom stereocenters. The molecule has 0 saturated heterocycles. The molecule has 0 amide bonds. The Balaban J connectivity index is 0.000000642. The Morgan fingerprint density at radius 1 is 0.667 bits per heavy atom. The third kappa shape index (κ3) is 20.6. The SMILES string of the molecule is CCCCCCCCCCCCCCCCC[CH2][Ba+].Cc1ccc(S(=O)(=O)[O-])cc1. The summed E-state index contributed by atoms with van der Waals surface area (Å²) in [6.07, 6.45) is 23.8. The van der Waals surface area contributed by atoms with Gasteiger partial charge in [-0.3, -0.25) is 0 Å². The molecule has 170 valence electrons. The van der Waals surface area contributed by atoms with Crippen molar-refractivity contribution < 1.29 is 13.0 Å². The molecule has 5 heteroatoms. The number of unbranched alkanes of at least 4 members (excludes halogenated alkanes) is 15. The molecule has 0 aliphatic rings. The van der Waals surface area contributed by atoms with Crippen molar-refractivity contribution in [1.29, 1.82) is 0 Å². The van der Waals surface area contributed by atoms with Crippen LogP contribution in [-0.4, -0.2) is 59.5 Å². The monoisotopic (exact) mass is 562 g/mol. The minimum atomic E-state index is -4.27. The van der Waals surface area contributed by atoms with Crippen molar-refractivity contribution >= 4 is 56.7 Å². The van der Waals surface area contributed by atoms with Crippen molar-refractivity contribution in [1.82, 2.24) is 0 Å². The zero-order valence-corrected chi connectivity index (χ0v) is 24.9. The maximum Gasteiger partial charge on any atom is 0.124 e. The molecule has 0 radical (unpaired) electrons. The van der Waals surface area contributed by atoms with Crippen LogP contribution in [0.1, 0.15) is 115 Å². The standard InChI is InChI=1S/C18H37.C7H8O3S.Ba/c1-3-5-7-9-11-13-15-17-18-16-14-12-10-8-6-4-2;1-6-2-4-7(5-3-6)11(8,9)10;/h1,3-18H2,2H3;2-5H,1H3,(H,8,9,10);/q;;+1/p-1. The van der Waals surface area contributed by atoms with E-state index in [0.717, 1.165) is 52.1 Å². The third-order valence-corrected chi connectivity index (χ3v) is 7.83. The fourth-order valence-corrected chi connectivity index (χ4v) is 5.01. The minimum absolute atomic E-state index is 0.178. The van der Waals surface area contributed by atoms with E-state index in [4.69, 9.17) is 0 Å². The quantitative estimate of drug-likeness (QED) is 0.111. The summed E-state index contributed by atoms with van der Waals surface area (Å²) in [4.78, 5) is -0.178. The van der Waals surface area contributed by atoms with Crippen LogP contribution in [0, 0.1) is 6.92 Å². The predicted molar refractivity (Wildman–Crippen MR) is 129 cm³/mol. The zero-order chi connectivity index (χ0) is 22.5. The maximum absolute atomic E-state index is 10.4. The zero-order valence-electron chi connectivity index (χ0n) is 19.7. The molecule has 0 heterocycles. The molecule has 0 atom stereocenters. The van der Waals surface area contributed by atoms with Crippen LogP contribution < -0.4 is 0 Å². The minimum Gasteiger partial charge on any atom is -0.744 e. The summed E-state index contributed by atoms with van der Waals surface area (Å²) in [7, 11) is -4.27. The van der Waals surface area contributed by atoms with Gasteiger partial charge in [0.25, 0.3) is 0 Å². The molecule has 0 aromatic heterocycles. The summed E-state index contributed by atoms with van der Waals surface area (Å²) >= 11 is 1.06. The fourth-order valence-electron chi connectivity index (χ4n) is 3.43. The van der Waals surface area contributed by atoms with E-state index in [1.165, 1.54) is 115 Å². The number of benzene rings is 1. The Morgan fingerprint density at radius 3 is 1.30 bits per heavy atom. The molecule has 3 nitrogen and oxygen atoms in total. The van der Waals surface area contributed by atoms with E-state index in [1.54, 1.807) is 13.0 Å². The fraction of sp³-hybridized carbons (Fsp3) is 0.760. The van der Waals surface area contributed by atoms with E-state index in [-0.39, 0.29) is 4.90 Å². The van der Waals surface area contributed by atoms with Gasteiger partial charge in [-0.05, 0) is 19.1 Å². The average Bonchev–Trinajstić information content (AvgIpc) is 2.71. The molecular formula is C25H44BaO3S. The first-order valence-corrected chi connectivity index (χ1v) is 16.8. The van der Waals surface area contributed by atoms with Gasteiger partial charge in [-0.2, -0.15) is 0 Å². The molecule has 0 spiro atoms. The molecule has 0 saturated carbocycles. The van der Waals surface area contributed by atoms with Gasteiger partial charge in [-0.25, -0.2) is 8.42 Å². The molecule has 1 aromatic rings. The van der Waals surface area contributed by atoms with Gasteiger partial charge in [-0.1, -0.05) is 56.7 Å².